The summed E-state index contributed by atoms with van der Waals surface area (Å²) in [6.07, 6.45) is 0. The van der Waals surface area contributed by atoms with E-state index in [2.05, 4.69) is 53.7 Å². The van der Waals surface area contributed by atoms with E-state index >= 15 is 0 Å². The maximum absolute atomic E-state index is 13.8. The Morgan fingerprint density at radius 1 is 1.23 bits per heavy atom. The van der Waals surface area contributed by atoms with E-state index in [1.165, 1.54) is 23.3 Å². The molecule has 6 heteroatoms. The highest BCUT2D eigenvalue weighted by atomic mass is 127. The lowest BCUT2D eigenvalue weighted by Crippen LogP contribution is -2.38. The van der Waals surface area contributed by atoms with Gasteiger partial charge in [0.15, 0.2) is 5.96 Å². The third kappa shape index (κ3) is 6.30. The van der Waals surface area contributed by atoms with E-state index in [4.69, 9.17) is 5.26 Å². The Balaban J connectivity index is 0.00000338. The fourth-order valence-electron chi connectivity index (χ4n) is 2.52. The first-order valence-electron chi connectivity index (χ1n) is 8.23. The van der Waals surface area contributed by atoms with Crippen molar-refractivity contribution < 1.29 is 4.39 Å². The van der Waals surface area contributed by atoms with Gasteiger partial charge in [-0.1, -0.05) is 36.8 Å². The molecule has 2 rings (SSSR count). The third-order valence-electron chi connectivity index (χ3n) is 4.03. The van der Waals surface area contributed by atoms with Gasteiger partial charge < -0.3 is 10.6 Å². The molecule has 2 N–H and O–H groups in total. The first-order chi connectivity index (χ1) is 12.0. The molecule has 0 amide bonds. The summed E-state index contributed by atoms with van der Waals surface area (Å²) in [6, 6.07) is 14.8. The second kappa shape index (κ2) is 10.8. The van der Waals surface area contributed by atoms with Crippen molar-refractivity contribution in [3.05, 3.63) is 70.5 Å². The number of nitrogens with zero attached hydrogens (tertiary/aromatic N) is 2. The molecule has 4 nitrogen and oxygen atoms in total. The molecule has 0 fully saturated rings. The second-order valence-electron chi connectivity index (χ2n) is 6.04. The van der Waals surface area contributed by atoms with E-state index in [1.807, 2.05) is 6.07 Å². The number of benzene rings is 2. The first-order valence-corrected chi connectivity index (χ1v) is 8.23. The van der Waals surface area contributed by atoms with Crippen molar-refractivity contribution in [3.8, 4) is 6.07 Å². The van der Waals surface area contributed by atoms with Crippen LogP contribution in [0.5, 0.6) is 0 Å². The highest BCUT2D eigenvalue weighted by molar-refractivity contribution is 14.0. The minimum Gasteiger partial charge on any atom is -0.356 e. The molecule has 1 atom stereocenters. The summed E-state index contributed by atoms with van der Waals surface area (Å²) in [6.45, 7) is 5.20. The number of nitriles is 1. The molecule has 0 aliphatic rings. The number of aliphatic imine (C=N–C) groups is 1. The predicted octanol–water partition coefficient (Wildman–Crippen LogP) is 4.09. The minimum atomic E-state index is -0.338. The van der Waals surface area contributed by atoms with Crippen LogP contribution in [0.1, 0.15) is 35.1 Å². The Morgan fingerprint density at radius 2 is 2.00 bits per heavy atom. The number of rotatable bonds is 5. The monoisotopic (exact) mass is 466 g/mol. The standard InChI is InChI=1S/C20H23FN4.HI/c1-14-5-4-6-17(9-14)15(2)12-24-20(23-3)25-13-18-10-16(11-22)7-8-19(18)21;/h4-10,15H,12-13H2,1-3H3,(H2,23,24,25);1H. The summed E-state index contributed by atoms with van der Waals surface area (Å²) in [4.78, 5) is 4.17. The molecular formula is C20H24FIN4. The molecular weight excluding hydrogens is 442 g/mol. The average molecular weight is 466 g/mol. The Hall–Kier alpha value is -2.14. The zero-order valence-electron chi connectivity index (χ0n) is 15.2. The number of nitrogens with one attached hydrogen (secondary N) is 2. The predicted molar refractivity (Wildman–Crippen MR) is 114 cm³/mol. The van der Waals surface area contributed by atoms with Gasteiger partial charge in [0, 0.05) is 25.7 Å². The Morgan fingerprint density at radius 3 is 2.65 bits per heavy atom. The van der Waals surface area contributed by atoms with Crippen molar-refractivity contribution >= 4 is 29.9 Å². The average Bonchev–Trinajstić information content (AvgIpc) is 2.62. The maximum atomic E-state index is 13.8. The molecule has 0 radical (unpaired) electrons. The summed E-state index contributed by atoms with van der Waals surface area (Å²) in [5.41, 5.74) is 3.37. The summed E-state index contributed by atoms with van der Waals surface area (Å²) in [5.74, 6) is 0.577. The molecule has 0 spiro atoms. The Kier molecular flexibility index (Phi) is 9.07. The highest BCUT2D eigenvalue weighted by Gasteiger charge is 2.08. The molecule has 0 aliphatic heterocycles. The normalized spacial score (nSPS) is 11.9. The lowest BCUT2D eigenvalue weighted by Gasteiger charge is -2.17. The van der Waals surface area contributed by atoms with Crippen LogP contribution in [0.4, 0.5) is 4.39 Å². The van der Waals surface area contributed by atoms with E-state index in [0.717, 1.165) is 0 Å². The van der Waals surface area contributed by atoms with E-state index in [9.17, 15) is 4.39 Å². The Bertz CT molecular complexity index is 799. The van der Waals surface area contributed by atoms with Crippen LogP contribution < -0.4 is 10.6 Å². The van der Waals surface area contributed by atoms with Gasteiger partial charge in [0.25, 0.3) is 0 Å². The number of hydrogen-bond acceptors (Lipinski definition) is 2. The Labute approximate surface area is 171 Å². The molecule has 0 saturated carbocycles. The van der Waals surface area contributed by atoms with Gasteiger partial charge in [-0.3, -0.25) is 4.99 Å². The van der Waals surface area contributed by atoms with Crippen LogP contribution in [0, 0.1) is 24.1 Å². The topological polar surface area (TPSA) is 60.2 Å². The number of aryl methyl sites for hydroxylation is 1. The highest BCUT2D eigenvalue weighted by Crippen LogP contribution is 2.15. The third-order valence-corrected chi connectivity index (χ3v) is 4.03. The van der Waals surface area contributed by atoms with Gasteiger partial charge in [-0.25, -0.2) is 4.39 Å². The van der Waals surface area contributed by atoms with Crippen molar-refractivity contribution in [2.45, 2.75) is 26.3 Å². The fraction of sp³-hybridized carbons (Fsp3) is 0.300. The second-order valence-corrected chi connectivity index (χ2v) is 6.04. The lowest BCUT2D eigenvalue weighted by molar-refractivity contribution is 0.603. The molecule has 138 valence electrons. The molecule has 1 unspecified atom stereocenters. The quantitative estimate of drug-likeness (QED) is 0.397. The summed E-state index contributed by atoms with van der Waals surface area (Å²) < 4.78 is 13.8. The van der Waals surface area contributed by atoms with Crippen LogP contribution in [-0.2, 0) is 6.54 Å². The van der Waals surface area contributed by atoms with Gasteiger partial charge in [-0.2, -0.15) is 5.26 Å². The van der Waals surface area contributed by atoms with Crippen LogP contribution in [0.15, 0.2) is 47.5 Å². The molecule has 26 heavy (non-hydrogen) atoms. The zero-order valence-corrected chi connectivity index (χ0v) is 17.5. The largest absolute Gasteiger partial charge is 0.356 e. The number of halogens is 2. The molecule has 0 aromatic heterocycles. The van der Waals surface area contributed by atoms with E-state index < -0.39 is 0 Å². The van der Waals surface area contributed by atoms with Gasteiger partial charge in [-0.05, 0) is 36.6 Å². The van der Waals surface area contributed by atoms with E-state index in [1.54, 1.807) is 13.1 Å². The summed E-state index contributed by atoms with van der Waals surface area (Å²) >= 11 is 0. The van der Waals surface area contributed by atoms with Crippen LogP contribution in [-0.4, -0.2) is 19.6 Å². The summed E-state index contributed by atoms with van der Waals surface area (Å²) in [7, 11) is 1.68. The van der Waals surface area contributed by atoms with Crippen LogP contribution in [0.25, 0.3) is 0 Å². The lowest BCUT2D eigenvalue weighted by atomic mass is 9.99. The summed E-state index contributed by atoms with van der Waals surface area (Å²) in [5, 5.41) is 15.3. The van der Waals surface area contributed by atoms with E-state index in [0.29, 0.717) is 29.5 Å². The van der Waals surface area contributed by atoms with Crippen LogP contribution in [0.3, 0.4) is 0 Å². The molecule has 2 aromatic carbocycles. The van der Waals surface area contributed by atoms with Gasteiger partial charge in [0.1, 0.15) is 5.82 Å². The van der Waals surface area contributed by atoms with Gasteiger partial charge in [0.2, 0.25) is 0 Å². The molecule has 0 heterocycles. The molecule has 0 bridgehead atoms. The van der Waals surface area contributed by atoms with Gasteiger partial charge in [0.05, 0.1) is 11.6 Å². The number of guanidine groups is 1. The maximum Gasteiger partial charge on any atom is 0.191 e. The van der Waals surface area contributed by atoms with Crippen molar-refractivity contribution in [1.29, 1.82) is 5.26 Å². The van der Waals surface area contributed by atoms with Gasteiger partial charge >= 0.3 is 0 Å². The smallest absolute Gasteiger partial charge is 0.191 e. The van der Waals surface area contributed by atoms with Crippen molar-refractivity contribution in [1.82, 2.24) is 10.6 Å². The zero-order chi connectivity index (χ0) is 18.2. The van der Waals surface area contributed by atoms with Crippen LogP contribution in [0.2, 0.25) is 0 Å². The SMILES string of the molecule is CN=C(NCc1cc(C#N)ccc1F)NCC(C)c1cccc(C)c1.I. The minimum absolute atomic E-state index is 0. The molecule has 0 saturated heterocycles. The van der Waals surface area contributed by atoms with Gasteiger partial charge in [-0.15, -0.1) is 24.0 Å². The number of hydrogen-bond donors (Lipinski definition) is 2. The first kappa shape index (κ1) is 21.9. The van der Waals surface area contributed by atoms with Crippen molar-refractivity contribution in [2.75, 3.05) is 13.6 Å². The van der Waals surface area contributed by atoms with Crippen LogP contribution >= 0.6 is 24.0 Å². The van der Waals surface area contributed by atoms with E-state index in [-0.39, 0.29) is 36.3 Å². The fourth-order valence-corrected chi connectivity index (χ4v) is 2.52. The molecule has 2 aromatic rings. The van der Waals surface area contributed by atoms with Crippen molar-refractivity contribution in [3.63, 3.8) is 0 Å². The molecule has 0 aliphatic carbocycles. The van der Waals surface area contributed by atoms with Crippen molar-refractivity contribution in [2.24, 2.45) is 4.99 Å².